The van der Waals surface area contributed by atoms with Crippen molar-refractivity contribution in [2.45, 2.75) is 64.4 Å². The van der Waals surface area contributed by atoms with E-state index in [0.717, 1.165) is 6.26 Å². The molecule has 0 radical (unpaired) electrons. The second-order valence-corrected chi connectivity index (χ2v) is 7.41. The topological polar surface area (TPSA) is 119 Å². The predicted octanol–water partition coefficient (Wildman–Crippen LogP) is 0.824. The van der Waals surface area contributed by atoms with Gasteiger partial charge in [0.05, 0.1) is 24.5 Å². The van der Waals surface area contributed by atoms with Crippen LogP contribution in [-0.2, 0) is 28.6 Å². The van der Waals surface area contributed by atoms with Crippen LogP contribution >= 0.6 is 0 Å². The van der Waals surface area contributed by atoms with Crippen molar-refractivity contribution < 1.29 is 32.0 Å². The lowest BCUT2D eigenvalue weighted by Gasteiger charge is -2.37. The van der Waals surface area contributed by atoms with E-state index >= 15 is 0 Å². The van der Waals surface area contributed by atoms with Crippen molar-refractivity contribution >= 4 is 22.0 Å². The van der Waals surface area contributed by atoms with Gasteiger partial charge in [-0.25, -0.2) is 4.79 Å². The quantitative estimate of drug-likeness (QED) is 0.613. The minimum Gasteiger partial charge on any atom is -0.478 e. The largest absolute Gasteiger partial charge is 0.478 e. The second kappa shape index (κ2) is 8.59. The van der Waals surface area contributed by atoms with E-state index in [-0.39, 0.29) is 24.0 Å². The third-order valence-corrected chi connectivity index (χ3v) is 4.34. The average molecular weight is 363 g/mol. The van der Waals surface area contributed by atoms with Crippen molar-refractivity contribution in [3.8, 4) is 0 Å². The molecule has 1 aliphatic carbocycles. The van der Waals surface area contributed by atoms with Gasteiger partial charge in [-0.05, 0) is 18.9 Å². The molecule has 0 spiro atoms. The molecule has 0 heterocycles. The van der Waals surface area contributed by atoms with E-state index in [1.165, 1.54) is 13.0 Å². The Morgan fingerprint density at radius 1 is 1.38 bits per heavy atom. The molecule has 0 bridgehead atoms. The van der Waals surface area contributed by atoms with E-state index < -0.39 is 34.3 Å². The zero-order valence-corrected chi connectivity index (χ0v) is 15.1. The molecule has 1 amide bonds. The van der Waals surface area contributed by atoms with Gasteiger partial charge in [0.25, 0.3) is 10.1 Å². The van der Waals surface area contributed by atoms with Crippen LogP contribution in [0.5, 0.6) is 0 Å². The maximum Gasteiger partial charge on any atom is 0.331 e. The van der Waals surface area contributed by atoms with Crippen molar-refractivity contribution in [1.29, 1.82) is 0 Å². The van der Waals surface area contributed by atoms with Gasteiger partial charge >= 0.3 is 5.97 Å². The third kappa shape index (κ3) is 6.21. The van der Waals surface area contributed by atoms with Gasteiger partial charge in [0.15, 0.2) is 0 Å². The Morgan fingerprint density at radius 3 is 2.38 bits per heavy atom. The van der Waals surface area contributed by atoms with Crippen molar-refractivity contribution in [2.24, 2.45) is 0 Å². The molecule has 24 heavy (non-hydrogen) atoms. The monoisotopic (exact) mass is 363 g/mol. The molecule has 3 atom stereocenters. The fourth-order valence-electron chi connectivity index (χ4n) is 2.64. The first-order valence-corrected chi connectivity index (χ1v) is 9.63. The molecule has 0 aliphatic heterocycles. The number of ether oxygens (including phenoxy) is 1. The number of aliphatic carboxylic acids is 1. The molecule has 1 aliphatic rings. The molecule has 2 N–H and O–H groups in total. The summed E-state index contributed by atoms with van der Waals surface area (Å²) in [5, 5.41) is 11.9. The molecule has 0 aromatic carbocycles. The highest BCUT2D eigenvalue weighted by Gasteiger charge is 2.39. The number of rotatable bonds is 8. The van der Waals surface area contributed by atoms with Crippen molar-refractivity contribution in [3.63, 3.8) is 0 Å². The van der Waals surface area contributed by atoms with Crippen LogP contribution in [0.15, 0.2) is 11.6 Å². The Balaban J connectivity index is 3.21. The highest BCUT2D eigenvalue weighted by Crippen LogP contribution is 2.27. The van der Waals surface area contributed by atoms with Crippen molar-refractivity contribution in [3.05, 3.63) is 11.6 Å². The van der Waals surface area contributed by atoms with Gasteiger partial charge in [0, 0.05) is 18.9 Å². The first-order valence-electron chi connectivity index (χ1n) is 7.82. The Morgan fingerprint density at radius 2 is 1.96 bits per heavy atom. The fraction of sp³-hybridized carbons (Fsp3) is 0.733. The second-order valence-electron chi connectivity index (χ2n) is 5.81. The van der Waals surface area contributed by atoms with Crippen LogP contribution in [0, 0.1) is 0 Å². The fourth-order valence-corrected chi connectivity index (χ4v) is 3.28. The van der Waals surface area contributed by atoms with Gasteiger partial charge in [-0.15, -0.1) is 0 Å². The lowest BCUT2D eigenvalue weighted by molar-refractivity contribution is -0.133. The summed E-state index contributed by atoms with van der Waals surface area (Å²) in [6.45, 7) is 5.15. The summed E-state index contributed by atoms with van der Waals surface area (Å²) in [5.74, 6) is -1.55. The molecular formula is C15H25NO7S. The molecule has 0 aromatic rings. The summed E-state index contributed by atoms with van der Waals surface area (Å²) in [6.07, 6.45) is 1.59. The molecule has 138 valence electrons. The third-order valence-electron chi connectivity index (χ3n) is 3.74. The van der Waals surface area contributed by atoms with Gasteiger partial charge in [-0.3, -0.25) is 8.98 Å². The Bertz CT molecular complexity index is 595. The summed E-state index contributed by atoms with van der Waals surface area (Å²) < 4.78 is 33.9. The molecule has 0 saturated heterocycles. The molecule has 0 fully saturated rings. The zero-order valence-electron chi connectivity index (χ0n) is 14.3. The van der Waals surface area contributed by atoms with Crippen LogP contribution in [0.1, 0.15) is 40.0 Å². The maximum absolute atomic E-state index is 11.5. The molecule has 1 rings (SSSR count). The van der Waals surface area contributed by atoms with Gasteiger partial charge in [0.1, 0.15) is 6.10 Å². The Kier molecular flexibility index (Phi) is 7.37. The summed E-state index contributed by atoms with van der Waals surface area (Å²) in [4.78, 5) is 22.8. The van der Waals surface area contributed by atoms with Gasteiger partial charge in [-0.1, -0.05) is 13.8 Å². The Labute approximate surface area is 142 Å². The van der Waals surface area contributed by atoms with E-state index in [1.54, 1.807) is 0 Å². The average Bonchev–Trinajstić information content (AvgIpc) is 2.45. The Hall–Kier alpha value is -1.45. The van der Waals surface area contributed by atoms with E-state index in [9.17, 15) is 23.1 Å². The minimum absolute atomic E-state index is 0.00112. The van der Waals surface area contributed by atoms with Gasteiger partial charge < -0.3 is 15.2 Å². The zero-order chi connectivity index (χ0) is 18.5. The molecule has 8 nitrogen and oxygen atoms in total. The number of hydrogen-bond acceptors (Lipinski definition) is 6. The number of amides is 1. The van der Waals surface area contributed by atoms with E-state index in [4.69, 9.17) is 8.92 Å². The molecular weight excluding hydrogens is 338 g/mol. The highest BCUT2D eigenvalue weighted by molar-refractivity contribution is 7.86. The number of nitrogens with one attached hydrogen (secondary N) is 1. The van der Waals surface area contributed by atoms with E-state index in [0.29, 0.717) is 12.8 Å². The first kappa shape index (κ1) is 20.6. The summed E-state index contributed by atoms with van der Waals surface area (Å²) in [5.41, 5.74) is 0.00112. The summed E-state index contributed by atoms with van der Waals surface area (Å²) in [7, 11) is -3.83. The minimum atomic E-state index is -3.83. The summed E-state index contributed by atoms with van der Waals surface area (Å²) in [6, 6.07) is -0.791. The summed E-state index contributed by atoms with van der Waals surface area (Å²) >= 11 is 0. The molecule has 9 heteroatoms. The number of carbonyl (C=O) groups is 2. The lowest BCUT2D eigenvalue weighted by Crippen LogP contribution is -2.55. The number of carboxylic acid groups (broad SMARTS) is 1. The number of carboxylic acids is 1. The lowest BCUT2D eigenvalue weighted by atomic mass is 9.89. The van der Waals surface area contributed by atoms with Gasteiger partial charge in [0.2, 0.25) is 5.91 Å². The SMILES string of the molecule is CCC(CC)O[C@@H]1C=C(C(=O)O)C[C@@H](OS(C)(=O)=O)[C@H]1NC(C)=O. The van der Waals surface area contributed by atoms with Crippen LogP contribution in [0.4, 0.5) is 0 Å². The van der Waals surface area contributed by atoms with Crippen LogP contribution in [0.25, 0.3) is 0 Å². The normalized spacial score (nSPS) is 24.5. The number of hydrogen-bond donors (Lipinski definition) is 2. The maximum atomic E-state index is 11.5. The first-order chi connectivity index (χ1) is 11.1. The van der Waals surface area contributed by atoms with Crippen LogP contribution in [0.2, 0.25) is 0 Å². The van der Waals surface area contributed by atoms with E-state index in [1.807, 2.05) is 13.8 Å². The van der Waals surface area contributed by atoms with Crippen molar-refractivity contribution in [1.82, 2.24) is 5.32 Å². The highest BCUT2D eigenvalue weighted by atomic mass is 32.2. The molecule has 0 saturated carbocycles. The standard InChI is InChI=1S/C15H25NO7S/c1-5-11(6-2)22-12-7-10(15(18)19)8-13(23-24(4,20)21)14(12)16-9(3)17/h7,11-14H,5-6,8H2,1-4H3,(H,16,17)(H,18,19)/t12-,13-,14+/m1/s1. The van der Waals surface area contributed by atoms with Crippen LogP contribution < -0.4 is 5.32 Å². The van der Waals surface area contributed by atoms with Crippen LogP contribution in [0.3, 0.4) is 0 Å². The van der Waals surface area contributed by atoms with Crippen LogP contribution in [-0.4, -0.2) is 56.0 Å². The molecule has 0 aromatic heterocycles. The van der Waals surface area contributed by atoms with Gasteiger partial charge in [-0.2, -0.15) is 8.42 Å². The smallest absolute Gasteiger partial charge is 0.331 e. The van der Waals surface area contributed by atoms with Crippen molar-refractivity contribution in [2.75, 3.05) is 6.26 Å². The molecule has 0 unspecified atom stereocenters. The number of carbonyl (C=O) groups excluding carboxylic acids is 1. The van der Waals surface area contributed by atoms with E-state index in [2.05, 4.69) is 5.32 Å². The predicted molar refractivity (Wildman–Crippen MR) is 86.9 cm³/mol.